The van der Waals surface area contributed by atoms with E-state index >= 15 is 0 Å². The summed E-state index contributed by atoms with van der Waals surface area (Å²) in [6.45, 7) is 0. The first-order valence-electron chi connectivity index (χ1n) is 4.85. The summed E-state index contributed by atoms with van der Waals surface area (Å²) in [6.07, 6.45) is 2.09. The molecule has 0 aliphatic carbocycles. The van der Waals surface area contributed by atoms with E-state index in [0.29, 0.717) is 10.2 Å². The highest BCUT2D eigenvalue weighted by molar-refractivity contribution is 9.10. The minimum absolute atomic E-state index is 0.0953. The number of thioether (sulfide) groups is 1. The van der Waals surface area contributed by atoms with Crippen molar-refractivity contribution in [1.82, 2.24) is 4.72 Å². The van der Waals surface area contributed by atoms with E-state index < -0.39 is 22.0 Å². The molecule has 1 unspecified atom stereocenters. The van der Waals surface area contributed by atoms with E-state index in [1.54, 1.807) is 11.4 Å². The van der Waals surface area contributed by atoms with Gasteiger partial charge >= 0.3 is 5.97 Å². The average Bonchev–Trinajstić information content (AvgIpc) is 2.71. The molecule has 0 aromatic carbocycles. The lowest BCUT2D eigenvalue weighted by atomic mass is 10.2. The van der Waals surface area contributed by atoms with Crippen LogP contribution < -0.4 is 4.72 Å². The van der Waals surface area contributed by atoms with Crippen LogP contribution in [0, 0.1) is 0 Å². The van der Waals surface area contributed by atoms with Crippen LogP contribution in [0.2, 0.25) is 0 Å². The zero-order chi connectivity index (χ0) is 13.8. The van der Waals surface area contributed by atoms with Crippen molar-refractivity contribution in [2.75, 3.05) is 12.0 Å². The quantitative estimate of drug-likeness (QED) is 0.763. The van der Waals surface area contributed by atoms with E-state index in [0.717, 1.165) is 11.3 Å². The van der Waals surface area contributed by atoms with Crippen LogP contribution in [0.5, 0.6) is 0 Å². The number of halogens is 1. The van der Waals surface area contributed by atoms with Gasteiger partial charge in [0.2, 0.25) is 0 Å². The van der Waals surface area contributed by atoms with Crippen LogP contribution in [0.1, 0.15) is 6.42 Å². The average molecular weight is 374 g/mol. The van der Waals surface area contributed by atoms with Gasteiger partial charge in [0.15, 0.2) is 0 Å². The van der Waals surface area contributed by atoms with Crippen molar-refractivity contribution in [2.45, 2.75) is 16.7 Å². The van der Waals surface area contributed by atoms with Crippen LogP contribution in [0.15, 0.2) is 20.1 Å². The number of thiophene rings is 1. The zero-order valence-electron chi connectivity index (χ0n) is 9.42. The second-order valence-corrected chi connectivity index (χ2v) is 8.01. The summed E-state index contributed by atoms with van der Waals surface area (Å²) >= 11 is 5.63. The lowest BCUT2D eigenvalue weighted by Gasteiger charge is -2.13. The topological polar surface area (TPSA) is 83.5 Å². The summed E-state index contributed by atoms with van der Waals surface area (Å²) in [5.41, 5.74) is 0. The Balaban J connectivity index is 2.86. The van der Waals surface area contributed by atoms with E-state index in [2.05, 4.69) is 20.7 Å². The minimum atomic E-state index is -3.79. The van der Waals surface area contributed by atoms with Gasteiger partial charge < -0.3 is 5.11 Å². The molecule has 0 aliphatic rings. The molecule has 1 aromatic heterocycles. The summed E-state index contributed by atoms with van der Waals surface area (Å²) in [5.74, 6) is -0.592. The highest BCUT2D eigenvalue weighted by atomic mass is 79.9. The first-order chi connectivity index (χ1) is 8.38. The molecule has 0 radical (unpaired) electrons. The molecule has 1 atom stereocenters. The van der Waals surface area contributed by atoms with Gasteiger partial charge in [-0.2, -0.15) is 16.5 Å². The second kappa shape index (κ2) is 6.90. The van der Waals surface area contributed by atoms with Crippen molar-refractivity contribution < 1.29 is 18.3 Å². The van der Waals surface area contributed by atoms with Gasteiger partial charge in [0.25, 0.3) is 10.0 Å². The first-order valence-corrected chi connectivity index (χ1v) is 9.40. The van der Waals surface area contributed by atoms with Crippen LogP contribution >= 0.6 is 39.0 Å². The van der Waals surface area contributed by atoms with Gasteiger partial charge in [-0.15, -0.1) is 11.3 Å². The fourth-order valence-electron chi connectivity index (χ4n) is 1.18. The predicted molar refractivity (Wildman–Crippen MR) is 76.8 cm³/mol. The van der Waals surface area contributed by atoms with Gasteiger partial charge in [-0.1, -0.05) is 0 Å². The standard InChI is InChI=1S/C9H12BrNO4S3/c1-16-4-3-7(8(12)13)11-18(14,15)9-6(10)2-5-17-9/h2,5,7,11H,3-4H2,1H3,(H,12,13). The molecule has 0 spiro atoms. The molecule has 0 fully saturated rings. The Hall–Kier alpha value is -0.0900. The number of hydrogen-bond donors (Lipinski definition) is 2. The molecule has 102 valence electrons. The summed E-state index contributed by atoms with van der Waals surface area (Å²) in [4.78, 5) is 11.0. The first kappa shape index (κ1) is 16.0. The van der Waals surface area contributed by atoms with Crippen LogP contribution in [0.4, 0.5) is 0 Å². The molecule has 1 aromatic rings. The largest absolute Gasteiger partial charge is 0.480 e. The van der Waals surface area contributed by atoms with Gasteiger partial charge in [-0.3, -0.25) is 4.79 Å². The van der Waals surface area contributed by atoms with Gasteiger partial charge in [-0.05, 0) is 45.8 Å². The molecule has 0 aliphatic heterocycles. The Kier molecular flexibility index (Phi) is 6.12. The Morgan fingerprint density at radius 2 is 2.33 bits per heavy atom. The third-order valence-corrected chi connectivity index (χ3v) is 6.82. The van der Waals surface area contributed by atoms with Gasteiger partial charge in [0.1, 0.15) is 10.3 Å². The maximum Gasteiger partial charge on any atom is 0.321 e. The summed E-state index contributed by atoms with van der Waals surface area (Å²) in [6, 6.07) is 0.508. The molecule has 2 N–H and O–H groups in total. The molecule has 1 rings (SSSR count). The number of carboxylic acid groups (broad SMARTS) is 1. The number of carbonyl (C=O) groups is 1. The number of sulfonamides is 1. The molecule has 0 saturated heterocycles. The minimum Gasteiger partial charge on any atom is -0.480 e. The number of hydrogen-bond acceptors (Lipinski definition) is 5. The molecule has 0 amide bonds. The van der Waals surface area contributed by atoms with Gasteiger partial charge in [0.05, 0.1) is 0 Å². The van der Waals surface area contributed by atoms with Crippen molar-refractivity contribution in [1.29, 1.82) is 0 Å². The van der Waals surface area contributed by atoms with Crippen molar-refractivity contribution in [3.8, 4) is 0 Å². The molecule has 1 heterocycles. The molecule has 0 saturated carbocycles. The highest BCUT2D eigenvalue weighted by Crippen LogP contribution is 2.27. The van der Waals surface area contributed by atoms with Crippen molar-refractivity contribution in [3.05, 3.63) is 15.9 Å². The van der Waals surface area contributed by atoms with Crippen LogP contribution in [-0.2, 0) is 14.8 Å². The fourth-order valence-corrected chi connectivity index (χ4v) is 5.23. The summed E-state index contributed by atoms with van der Waals surface area (Å²) < 4.78 is 26.7. The van der Waals surface area contributed by atoms with E-state index in [4.69, 9.17) is 5.11 Å². The molecular formula is C9H12BrNO4S3. The van der Waals surface area contributed by atoms with Crippen LogP contribution in [0.25, 0.3) is 0 Å². The number of nitrogens with one attached hydrogen (secondary N) is 1. The summed E-state index contributed by atoms with van der Waals surface area (Å²) in [5, 5.41) is 10.6. The molecular weight excluding hydrogens is 362 g/mol. The third kappa shape index (κ3) is 4.23. The molecule has 9 heteroatoms. The van der Waals surface area contributed by atoms with E-state index in [1.165, 1.54) is 11.8 Å². The van der Waals surface area contributed by atoms with Crippen molar-refractivity contribution in [3.63, 3.8) is 0 Å². The van der Waals surface area contributed by atoms with Crippen LogP contribution in [-0.4, -0.2) is 37.5 Å². The Morgan fingerprint density at radius 1 is 1.67 bits per heavy atom. The third-order valence-electron chi connectivity index (χ3n) is 2.03. The lowest BCUT2D eigenvalue weighted by molar-refractivity contribution is -0.139. The van der Waals surface area contributed by atoms with Crippen molar-refractivity contribution in [2.24, 2.45) is 0 Å². The number of aliphatic carboxylic acids is 1. The van der Waals surface area contributed by atoms with Gasteiger partial charge in [0, 0.05) is 4.47 Å². The Labute approximate surface area is 122 Å². The lowest BCUT2D eigenvalue weighted by Crippen LogP contribution is -2.40. The summed E-state index contributed by atoms with van der Waals surface area (Å²) in [7, 11) is -3.79. The monoisotopic (exact) mass is 373 g/mol. The Morgan fingerprint density at radius 3 is 2.78 bits per heavy atom. The Bertz CT molecular complexity index is 514. The second-order valence-electron chi connectivity index (χ2n) is 3.35. The molecule has 5 nitrogen and oxygen atoms in total. The smallest absolute Gasteiger partial charge is 0.321 e. The van der Waals surface area contributed by atoms with Crippen molar-refractivity contribution >= 4 is 55.0 Å². The number of carboxylic acids is 1. The molecule has 0 bridgehead atoms. The normalized spacial score (nSPS) is 13.4. The van der Waals surface area contributed by atoms with E-state index in [-0.39, 0.29) is 10.6 Å². The number of rotatable bonds is 7. The molecule has 18 heavy (non-hydrogen) atoms. The maximum absolute atomic E-state index is 12.0. The van der Waals surface area contributed by atoms with Crippen LogP contribution in [0.3, 0.4) is 0 Å². The highest BCUT2D eigenvalue weighted by Gasteiger charge is 2.27. The van der Waals surface area contributed by atoms with Gasteiger partial charge in [-0.25, -0.2) is 8.42 Å². The maximum atomic E-state index is 12.0. The van der Waals surface area contributed by atoms with E-state index in [9.17, 15) is 13.2 Å². The zero-order valence-corrected chi connectivity index (χ0v) is 13.5. The SMILES string of the molecule is CSCCC(NS(=O)(=O)c1sccc1Br)C(=O)O. The fraction of sp³-hybridized carbons (Fsp3) is 0.444. The predicted octanol–water partition coefficient (Wildman–Crippen LogP) is 2.00. The van der Waals surface area contributed by atoms with E-state index in [1.807, 2.05) is 6.26 Å².